The lowest BCUT2D eigenvalue weighted by Crippen LogP contribution is -2.07. The number of pyridine rings is 1. The van der Waals surface area contributed by atoms with Gasteiger partial charge in [-0.2, -0.15) is 0 Å². The highest BCUT2D eigenvalue weighted by molar-refractivity contribution is 5.43. The summed E-state index contributed by atoms with van der Waals surface area (Å²) in [5.41, 5.74) is 5.15. The summed E-state index contributed by atoms with van der Waals surface area (Å²) >= 11 is 0. The van der Waals surface area contributed by atoms with Crippen LogP contribution in [0, 0.1) is 13.8 Å². The van der Waals surface area contributed by atoms with Crippen LogP contribution in [-0.4, -0.2) is 22.0 Å². The largest absolute Gasteiger partial charge is 0.372 e. The average Bonchev–Trinajstić information content (AvgIpc) is 2.43. The van der Waals surface area contributed by atoms with Crippen LogP contribution < -0.4 is 5.32 Å². The van der Waals surface area contributed by atoms with E-state index in [2.05, 4.69) is 39.3 Å². The van der Waals surface area contributed by atoms with Crippen molar-refractivity contribution in [2.75, 3.05) is 12.4 Å². The Labute approximate surface area is 114 Å². The third kappa shape index (κ3) is 3.08. The minimum atomic E-state index is 0.703. The van der Waals surface area contributed by atoms with Gasteiger partial charge in [0.1, 0.15) is 5.82 Å². The van der Waals surface area contributed by atoms with Gasteiger partial charge in [-0.15, -0.1) is 0 Å². The smallest absolute Gasteiger partial charge is 0.148 e. The molecule has 0 aromatic carbocycles. The number of hydrogen-bond donors (Lipinski definition) is 1. The molecule has 4 nitrogen and oxygen atoms in total. The van der Waals surface area contributed by atoms with E-state index >= 15 is 0 Å². The summed E-state index contributed by atoms with van der Waals surface area (Å²) in [5, 5.41) is 3.11. The van der Waals surface area contributed by atoms with Crippen molar-refractivity contribution in [3.8, 4) is 0 Å². The fourth-order valence-corrected chi connectivity index (χ4v) is 1.91. The van der Waals surface area contributed by atoms with E-state index in [9.17, 15) is 0 Å². The van der Waals surface area contributed by atoms with Gasteiger partial charge < -0.3 is 5.32 Å². The highest BCUT2D eigenvalue weighted by Gasteiger charge is 2.09. The van der Waals surface area contributed by atoms with E-state index < -0.39 is 0 Å². The van der Waals surface area contributed by atoms with Crippen molar-refractivity contribution in [1.29, 1.82) is 0 Å². The fourth-order valence-electron chi connectivity index (χ4n) is 1.91. The molecule has 0 amide bonds. The molecule has 2 heterocycles. The molecule has 0 spiro atoms. The Morgan fingerprint density at radius 2 is 1.84 bits per heavy atom. The zero-order chi connectivity index (χ0) is 13.8. The first kappa shape index (κ1) is 13.5. The zero-order valence-corrected chi connectivity index (χ0v) is 12.0. The summed E-state index contributed by atoms with van der Waals surface area (Å²) in [7, 11) is 1.87. The fraction of sp³-hybridized carbons (Fsp3) is 0.400. The molecule has 0 saturated heterocycles. The summed E-state index contributed by atoms with van der Waals surface area (Å²) in [4.78, 5) is 13.6. The number of anilines is 1. The maximum Gasteiger partial charge on any atom is 0.148 e. The molecule has 2 rings (SSSR count). The number of aryl methyl sites for hydroxylation is 3. The molecular weight excluding hydrogens is 236 g/mol. The van der Waals surface area contributed by atoms with E-state index in [4.69, 9.17) is 0 Å². The van der Waals surface area contributed by atoms with E-state index in [0.717, 1.165) is 35.0 Å². The Bertz CT molecular complexity index is 561. The summed E-state index contributed by atoms with van der Waals surface area (Å²) < 4.78 is 0. The molecule has 0 aliphatic carbocycles. The van der Waals surface area contributed by atoms with E-state index in [0.29, 0.717) is 6.42 Å². The van der Waals surface area contributed by atoms with Gasteiger partial charge in [-0.25, -0.2) is 4.98 Å². The topological polar surface area (TPSA) is 50.7 Å². The van der Waals surface area contributed by atoms with Gasteiger partial charge in [0.25, 0.3) is 0 Å². The molecule has 4 heteroatoms. The van der Waals surface area contributed by atoms with Gasteiger partial charge in [0, 0.05) is 25.4 Å². The first-order chi connectivity index (χ1) is 9.13. The Morgan fingerprint density at radius 1 is 1.11 bits per heavy atom. The molecule has 0 fully saturated rings. The predicted octanol–water partition coefficient (Wildman–Crippen LogP) is 2.68. The lowest BCUT2D eigenvalue weighted by Gasteiger charge is -2.10. The van der Waals surface area contributed by atoms with Crippen LogP contribution in [0.3, 0.4) is 0 Å². The molecule has 0 aliphatic heterocycles. The van der Waals surface area contributed by atoms with E-state index in [1.807, 2.05) is 27.1 Å². The van der Waals surface area contributed by atoms with E-state index in [1.54, 1.807) is 0 Å². The average molecular weight is 256 g/mol. The molecule has 0 radical (unpaired) electrons. The number of nitrogens with zero attached hydrogens (tertiary/aromatic N) is 3. The third-order valence-corrected chi connectivity index (χ3v) is 3.26. The van der Waals surface area contributed by atoms with Crippen molar-refractivity contribution in [2.24, 2.45) is 0 Å². The first-order valence-electron chi connectivity index (χ1n) is 6.59. The minimum Gasteiger partial charge on any atom is -0.372 e. The van der Waals surface area contributed by atoms with Crippen LogP contribution in [-0.2, 0) is 12.8 Å². The maximum atomic E-state index is 4.62. The van der Waals surface area contributed by atoms with Crippen molar-refractivity contribution in [2.45, 2.75) is 33.6 Å². The summed E-state index contributed by atoms with van der Waals surface area (Å²) in [5.74, 6) is 0.837. The van der Waals surface area contributed by atoms with Crippen LogP contribution in [0.15, 0.2) is 18.3 Å². The molecule has 19 heavy (non-hydrogen) atoms. The molecule has 0 unspecified atom stereocenters. The number of hydrogen-bond acceptors (Lipinski definition) is 4. The van der Waals surface area contributed by atoms with Crippen molar-refractivity contribution in [3.05, 3.63) is 46.7 Å². The molecular formula is C15H20N4. The lowest BCUT2D eigenvalue weighted by molar-refractivity contribution is 0.935. The summed E-state index contributed by atoms with van der Waals surface area (Å²) in [6.07, 6.45) is 3.65. The van der Waals surface area contributed by atoms with E-state index in [1.165, 1.54) is 5.56 Å². The highest BCUT2D eigenvalue weighted by atomic mass is 15.0. The van der Waals surface area contributed by atoms with Crippen LogP contribution in [0.1, 0.15) is 35.3 Å². The maximum absolute atomic E-state index is 4.62. The van der Waals surface area contributed by atoms with Gasteiger partial charge in [0.15, 0.2) is 0 Å². The molecule has 0 saturated carbocycles. The van der Waals surface area contributed by atoms with Gasteiger partial charge in [-0.1, -0.05) is 13.0 Å². The number of rotatable bonds is 4. The molecule has 100 valence electrons. The van der Waals surface area contributed by atoms with Crippen LogP contribution in [0.25, 0.3) is 0 Å². The zero-order valence-electron chi connectivity index (χ0n) is 12.0. The first-order valence-corrected chi connectivity index (χ1v) is 6.59. The van der Waals surface area contributed by atoms with Crippen LogP contribution >= 0.6 is 0 Å². The van der Waals surface area contributed by atoms with Crippen molar-refractivity contribution in [3.63, 3.8) is 0 Å². The molecule has 2 aromatic heterocycles. The number of nitrogens with one attached hydrogen (secondary N) is 1. The Hall–Kier alpha value is -1.97. The molecule has 1 N–H and O–H groups in total. The van der Waals surface area contributed by atoms with Crippen LogP contribution in [0.2, 0.25) is 0 Å². The van der Waals surface area contributed by atoms with Crippen LogP contribution in [0.5, 0.6) is 0 Å². The van der Waals surface area contributed by atoms with Crippen molar-refractivity contribution < 1.29 is 0 Å². The van der Waals surface area contributed by atoms with Gasteiger partial charge >= 0.3 is 0 Å². The second-order valence-corrected chi connectivity index (χ2v) is 4.63. The Morgan fingerprint density at radius 3 is 2.42 bits per heavy atom. The van der Waals surface area contributed by atoms with Gasteiger partial charge in [-0.3, -0.25) is 9.97 Å². The monoisotopic (exact) mass is 256 g/mol. The van der Waals surface area contributed by atoms with E-state index in [-0.39, 0.29) is 0 Å². The van der Waals surface area contributed by atoms with Crippen molar-refractivity contribution >= 4 is 5.82 Å². The Kier molecular flexibility index (Phi) is 4.10. The standard InChI is InChI=1S/C15H20N4/c1-5-12-6-7-13(17-9-12)8-14-15(16-4)19-11(3)10(2)18-14/h6-7,9H,5,8H2,1-4H3,(H,16,19). The van der Waals surface area contributed by atoms with Gasteiger partial charge in [-0.05, 0) is 31.9 Å². The lowest BCUT2D eigenvalue weighted by atomic mass is 10.1. The highest BCUT2D eigenvalue weighted by Crippen LogP contribution is 2.16. The second kappa shape index (κ2) is 5.78. The molecule has 0 atom stereocenters. The number of aromatic nitrogens is 3. The SMILES string of the molecule is CCc1ccc(Cc2nc(C)c(C)nc2NC)nc1. The Balaban J connectivity index is 2.28. The minimum absolute atomic E-state index is 0.703. The van der Waals surface area contributed by atoms with Gasteiger partial charge in [0.05, 0.1) is 17.1 Å². The summed E-state index contributed by atoms with van der Waals surface area (Å²) in [6.45, 7) is 6.09. The molecule has 2 aromatic rings. The van der Waals surface area contributed by atoms with Crippen LogP contribution in [0.4, 0.5) is 5.82 Å². The summed E-state index contributed by atoms with van der Waals surface area (Å²) in [6, 6.07) is 4.19. The second-order valence-electron chi connectivity index (χ2n) is 4.63. The molecule has 0 bridgehead atoms. The van der Waals surface area contributed by atoms with Gasteiger partial charge in [0.2, 0.25) is 0 Å². The molecule has 0 aliphatic rings. The normalized spacial score (nSPS) is 10.5. The predicted molar refractivity (Wildman–Crippen MR) is 77.5 cm³/mol. The quantitative estimate of drug-likeness (QED) is 0.913. The third-order valence-electron chi connectivity index (χ3n) is 3.26. The van der Waals surface area contributed by atoms with Crippen molar-refractivity contribution in [1.82, 2.24) is 15.0 Å².